The first-order valence-corrected chi connectivity index (χ1v) is 7.18. The summed E-state index contributed by atoms with van der Waals surface area (Å²) in [6.07, 6.45) is 0.979. The molecule has 0 radical (unpaired) electrons. The summed E-state index contributed by atoms with van der Waals surface area (Å²) < 4.78 is 11.3. The van der Waals surface area contributed by atoms with Crippen LogP contribution in [0.25, 0.3) is 0 Å². The molecule has 0 unspecified atom stereocenters. The fraction of sp³-hybridized carbons (Fsp3) is 0.250. The summed E-state index contributed by atoms with van der Waals surface area (Å²) in [6.45, 7) is 4.65. The highest BCUT2D eigenvalue weighted by atomic mass is 32.1. The van der Waals surface area contributed by atoms with Crippen LogP contribution < -0.4 is 15.2 Å². The van der Waals surface area contributed by atoms with E-state index >= 15 is 0 Å². The minimum Gasteiger partial charge on any atom is -0.494 e. The van der Waals surface area contributed by atoms with Gasteiger partial charge in [0.1, 0.15) is 16.5 Å². The van der Waals surface area contributed by atoms with Gasteiger partial charge < -0.3 is 15.2 Å². The first kappa shape index (κ1) is 15.3. The maximum absolute atomic E-state index is 5.73. The summed E-state index contributed by atoms with van der Waals surface area (Å²) in [5.41, 5.74) is 7.19. The molecule has 0 aliphatic heterocycles. The van der Waals surface area contributed by atoms with Crippen molar-refractivity contribution in [1.29, 1.82) is 0 Å². The molecule has 110 valence electrons. The largest absolute Gasteiger partial charge is 0.494 e. The zero-order valence-corrected chi connectivity index (χ0v) is 12.9. The zero-order valence-electron chi connectivity index (χ0n) is 12.1. The van der Waals surface area contributed by atoms with Crippen LogP contribution in [-0.4, -0.2) is 16.6 Å². The Morgan fingerprint density at radius 2 is 1.86 bits per heavy atom. The molecule has 1 heterocycles. The second-order valence-electron chi connectivity index (χ2n) is 4.62. The van der Waals surface area contributed by atoms with E-state index in [0.29, 0.717) is 23.2 Å². The van der Waals surface area contributed by atoms with E-state index in [2.05, 4.69) is 11.9 Å². The number of nitrogens with two attached hydrogens (primary N) is 1. The third kappa shape index (κ3) is 4.43. The monoisotopic (exact) mass is 302 g/mol. The molecule has 0 aliphatic rings. The van der Waals surface area contributed by atoms with Gasteiger partial charge in [-0.05, 0) is 43.7 Å². The topological polar surface area (TPSA) is 57.4 Å². The second kappa shape index (κ2) is 7.04. The van der Waals surface area contributed by atoms with Gasteiger partial charge in [-0.3, -0.25) is 0 Å². The Hall–Kier alpha value is -2.14. The molecule has 1 aromatic carbocycles. The molecule has 0 saturated carbocycles. The number of benzene rings is 1. The van der Waals surface area contributed by atoms with Crippen molar-refractivity contribution in [2.75, 3.05) is 6.61 Å². The number of aromatic nitrogens is 1. The third-order valence-electron chi connectivity index (χ3n) is 2.73. The number of hydrogen-bond donors (Lipinski definition) is 1. The van der Waals surface area contributed by atoms with Crippen LogP contribution in [0.1, 0.15) is 24.6 Å². The van der Waals surface area contributed by atoms with Gasteiger partial charge in [0, 0.05) is 17.3 Å². The molecule has 2 rings (SSSR count). The number of hydrogen-bond acceptors (Lipinski definition) is 4. The fourth-order valence-electron chi connectivity index (χ4n) is 1.78. The first-order valence-electron chi connectivity index (χ1n) is 6.77. The van der Waals surface area contributed by atoms with Crippen molar-refractivity contribution < 1.29 is 9.47 Å². The van der Waals surface area contributed by atoms with E-state index in [-0.39, 0.29) is 0 Å². The summed E-state index contributed by atoms with van der Waals surface area (Å²) in [6, 6.07) is 11.0. The number of ether oxygens (including phenoxy) is 2. The Morgan fingerprint density at radius 3 is 2.48 bits per heavy atom. The molecule has 0 saturated heterocycles. The summed E-state index contributed by atoms with van der Waals surface area (Å²) in [5.74, 6) is 1.98. The zero-order chi connectivity index (χ0) is 15.2. The van der Waals surface area contributed by atoms with Crippen molar-refractivity contribution in [3.05, 3.63) is 47.7 Å². The molecular formula is C16H18N2O2S. The number of pyridine rings is 1. The molecule has 0 amide bonds. The van der Waals surface area contributed by atoms with Gasteiger partial charge in [0.2, 0.25) is 5.88 Å². The average molecular weight is 302 g/mol. The quantitative estimate of drug-likeness (QED) is 0.826. The Morgan fingerprint density at radius 1 is 1.19 bits per heavy atom. The molecule has 0 fully saturated rings. The van der Waals surface area contributed by atoms with E-state index in [4.69, 9.17) is 27.4 Å². The van der Waals surface area contributed by atoms with Crippen LogP contribution in [-0.2, 0) is 0 Å². The van der Waals surface area contributed by atoms with Crippen molar-refractivity contribution in [2.45, 2.75) is 20.3 Å². The highest BCUT2D eigenvalue weighted by Gasteiger charge is 2.05. The highest BCUT2D eigenvalue weighted by Crippen LogP contribution is 2.23. The number of nitrogens with zero attached hydrogens (tertiary/aromatic N) is 1. The van der Waals surface area contributed by atoms with Gasteiger partial charge in [0.15, 0.2) is 0 Å². The van der Waals surface area contributed by atoms with Gasteiger partial charge in [-0.25, -0.2) is 4.98 Å². The van der Waals surface area contributed by atoms with E-state index in [1.54, 1.807) is 6.07 Å². The summed E-state index contributed by atoms with van der Waals surface area (Å²) >= 11 is 4.98. The van der Waals surface area contributed by atoms with Gasteiger partial charge in [-0.2, -0.15) is 0 Å². The molecule has 0 atom stereocenters. The SMILES string of the molecule is CCCOc1ccc(Oc2cc(C(N)=S)cc(C)n2)cc1. The highest BCUT2D eigenvalue weighted by molar-refractivity contribution is 7.80. The molecule has 0 aliphatic carbocycles. The molecular weight excluding hydrogens is 284 g/mol. The fourth-order valence-corrected chi connectivity index (χ4v) is 1.90. The molecule has 0 bridgehead atoms. The Balaban J connectivity index is 2.12. The number of rotatable bonds is 6. The third-order valence-corrected chi connectivity index (χ3v) is 2.97. The van der Waals surface area contributed by atoms with E-state index in [0.717, 1.165) is 23.4 Å². The lowest BCUT2D eigenvalue weighted by Gasteiger charge is -2.09. The maximum Gasteiger partial charge on any atom is 0.220 e. The predicted octanol–water partition coefficient (Wildman–Crippen LogP) is 3.61. The van der Waals surface area contributed by atoms with Crippen LogP contribution >= 0.6 is 12.2 Å². The minimum absolute atomic E-state index is 0.327. The standard InChI is InChI=1S/C16H18N2O2S/c1-3-8-19-13-4-6-14(7-5-13)20-15-10-12(16(17)21)9-11(2)18-15/h4-7,9-10H,3,8H2,1-2H3,(H2,17,21). The van der Waals surface area contributed by atoms with E-state index in [9.17, 15) is 0 Å². The lowest BCUT2D eigenvalue weighted by Crippen LogP contribution is -2.10. The normalized spacial score (nSPS) is 10.2. The summed E-state index contributed by atoms with van der Waals surface area (Å²) in [5, 5.41) is 0. The number of aryl methyl sites for hydroxylation is 1. The van der Waals surface area contributed by atoms with Crippen LogP contribution in [0.2, 0.25) is 0 Å². The number of thiocarbonyl (C=S) groups is 1. The molecule has 5 heteroatoms. The van der Waals surface area contributed by atoms with Gasteiger partial charge in [0.25, 0.3) is 0 Å². The molecule has 1 aromatic heterocycles. The van der Waals surface area contributed by atoms with Crippen molar-refractivity contribution in [3.8, 4) is 17.4 Å². The van der Waals surface area contributed by atoms with Crippen LogP contribution in [0, 0.1) is 6.92 Å². The van der Waals surface area contributed by atoms with Gasteiger partial charge in [0.05, 0.1) is 6.61 Å². The first-order chi connectivity index (χ1) is 10.1. The van der Waals surface area contributed by atoms with Crippen LogP contribution in [0.3, 0.4) is 0 Å². The lowest BCUT2D eigenvalue weighted by molar-refractivity contribution is 0.317. The Kier molecular flexibility index (Phi) is 5.11. The lowest BCUT2D eigenvalue weighted by atomic mass is 10.2. The Labute approximate surface area is 129 Å². The summed E-state index contributed by atoms with van der Waals surface area (Å²) in [7, 11) is 0. The van der Waals surface area contributed by atoms with E-state index in [1.807, 2.05) is 37.3 Å². The van der Waals surface area contributed by atoms with Crippen molar-refractivity contribution >= 4 is 17.2 Å². The molecule has 0 spiro atoms. The second-order valence-corrected chi connectivity index (χ2v) is 5.06. The minimum atomic E-state index is 0.327. The van der Waals surface area contributed by atoms with Crippen LogP contribution in [0.15, 0.2) is 36.4 Å². The maximum atomic E-state index is 5.73. The molecule has 2 aromatic rings. The molecule has 4 nitrogen and oxygen atoms in total. The van der Waals surface area contributed by atoms with Crippen molar-refractivity contribution in [2.24, 2.45) is 5.73 Å². The van der Waals surface area contributed by atoms with Crippen molar-refractivity contribution in [1.82, 2.24) is 4.98 Å². The smallest absolute Gasteiger partial charge is 0.220 e. The summed E-state index contributed by atoms with van der Waals surface area (Å²) in [4.78, 5) is 4.64. The Bertz CT molecular complexity index is 627. The predicted molar refractivity (Wildman–Crippen MR) is 87.2 cm³/mol. The van der Waals surface area contributed by atoms with Crippen LogP contribution in [0.4, 0.5) is 0 Å². The average Bonchev–Trinajstić information content (AvgIpc) is 2.46. The van der Waals surface area contributed by atoms with E-state index in [1.165, 1.54) is 0 Å². The molecule has 2 N–H and O–H groups in total. The van der Waals surface area contributed by atoms with Gasteiger partial charge in [-0.15, -0.1) is 0 Å². The van der Waals surface area contributed by atoms with E-state index < -0.39 is 0 Å². The van der Waals surface area contributed by atoms with Crippen molar-refractivity contribution in [3.63, 3.8) is 0 Å². The van der Waals surface area contributed by atoms with Crippen LogP contribution in [0.5, 0.6) is 17.4 Å². The van der Waals surface area contributed by atoms with Gasteiger partial charge in [-0.1, -0.05) is 19.1 Å². The van der Waals surface area contributed by atoms with Gasteiger partial charge >= 0.3 is 0 Å². The molecule has 21 heavy (non-hydrogen) atoms.